The summed E-state index contributed by atoms with van der Waals surface area (Å²) in [6.07, 6.45) is 2.38. The third-order valence-corrected chi connectivity index (χ3v) is 9.11. The van der Waals surface area contributed by atoms with Crippen molar-refractivity contribution in [2.24, 2.45) is 20.5 Å². The average molecular weight is 724 g/mol. The number of aromatic hydroxyl groups is 1. The molecule has 0 aliphatic rings. The molecule has 6 rings (SSSR count). The SMILES string of the molecule is Nc1ccc(N=Nc2ccc(C=Cc3ccc(N=Nc4c(O)ccc5ccccc45)cc3S(=O)(=O)[O-])c(S(=O)(=O)[O-])c2)c2ccccc12.[Na+].[Na+]. The number of phenolic OH excluding ortho intramolecular Hbond substituents is 1. The standard InChI is InChI=1S/C34H25N5O7S2.2Na/c35-29-16-17-30(28-8-4-3-7-27(28)29)38-36-24-14-11-22(32(19-24)47(41,42)43)9-10-23-12-15-25(20-33(23)48(44,45)46)37-39-34-26-6-2-1-5-21(26)13-18-31(34)40;;/h1-20,40H,35H2,(H,41,42,43)(H,44,45,46);;/q;2*+1/p-2. The molecule has 6 aromatic carbocycles. The van der Waals surface area contributed by atoms with E-state index in [2.05, 4.69) is 20.5 Å². The van der Waals surface area contributed by atoms with Crippen LogP contribution in [0.1, 0.15) is 11.1 Å². The Kier molecular flexibility index (Phi) is 12.5. The van der Waals surface area contributed by atoms with Gasteiger partial charge >= 0.3 is 59.1 Å². The number of nitrogens with zero attached hydrogens (tertiary/aromatic N) is 4. The second kappa shape index (κ2) is 16.0. The van der Waals surface area contributed by atoms with E-state index in [-0.39, 0.29) is 93.1 Å². The minimum atomic E-state index is -5.05. The average Bonchev–Trinajstić information content (AvgIpc) is 3.06. The van der Waals surface area contributed by atoms with Crippen LogP contribution in [0.4, 0.5) is 28.4 Å². The van der Waals surface area contributed by atoms with Crippen LogP contribution in [-0.2, 0) is 20.2 Å². The summed E-state index contributed by atoms with van der Waals surface area (Å²) < 4.78 is 73.2. The van der Waals surface area contributed by atoms with Crippen LogP contribution < -0.4 is 64.8 Å². The van der Waals surface area contributed by atoms with E-state index < -0.39 is 30.0 Å². The molecule has 0 heterocycles. The van der Waals surface area contributed by atoms with Crippen LogP contribution in [0, 0.1) is 0 Å². The Labute approximate surface area is 331 Å². The van der Waals surface area contributed by atoms with E-state index in [0.29, 0.717) is 16.8 Å². The van der Waals surface area contributed by atoms with E-state index in [1.165, 1.54) is 42.5 Å². The number of rotatable bonds is 8. The zero-order valence-electron chi connectivity index (χ0n) is 26.6. The summed E-state index contributed by atoms with van der Waals surface area (Å²) in [6.45, 7) is 0. The van der Waals surface area contributed by atoms with E-state index in [1.54, 1.807) is 30.3 Å². The summed E-state index contributed by atoms with van der Waals surface area (Å²) in [4.78, 5) is -1.30. The van der Waals surface area contributed by atoms with Crippen LogP contribution in [0.2, 0.25) is 0 Å². The molecule has 0 aliphatic heterocycles. The summed E-state index contributed by atoms with van der Waals surface area (Å²) in [5.74, 6) is -0.149. The van der Waals surface area contributed by atoms with E-state index in [9.17, 15) is 31.0 Å². The van der Waals surface area contributed by atoms with E-state index >= 15 is 0 Å². The topological polar surface area (TPSA) is 210 Å². The van der Waals surface area contributed by atoms with Gasteiger partial charge in [-0.1, -0.05) is 78.9 Å². The molecule has 0 aliphatic carbocycles. The van der Waals surface area contributed by atoms with Gasteiger partial charge in [0.1, 0.15) is 31.7 Å². The number of phenols is 1. The molecule has 12 nitrogen and oxygen atoms in total. The second-order valence-corrected chi connectivity index (χ2v) is 13.2. The van der Waals surface area contributed by atoms with Gasteiger partial charge in [0.15, 0.2) is 0 Å². The maximum absolute atomic E-state index is 12.2. The summed E-state index contributed by atoms with van der Waals surface area (Å²) >= 11 is 0. The zero-order chi connectivity index (χ0) is 34.1. The third kappa shape index (κ3) is 8.73. The molecule has 0 radical (unpaired) electrons. The Morgan fingerprint density at radius 2 is 1.10 bits per heavy atom. The van der Waals surface area contributed by atoms with Gasteiger partial charge in [-0.2, -0.15) is 10.2 Å². The first kappa shape index (κ1) is 39.0. The van der Waals surface area contributed by atoms with Gasteiger partial charge in [0.05, 0.1) is 26.9 Å². The van der Waals surface area contributed by atoms with Crippen molar-refractivity contribution in [3.05, 3.63) is 120 Å². The Balaban J connectivity index is 0.00000281. The Bertz CT molecular complexity index is 2560. The van der Waals surface area contributed by atoms with Gasteiger partial charge in [-0.25, -0.2) is 16.8 Å². The molecule has 0 unspecified atom stereocenters. The molecule has 0 spiro atoms. The van der Waals surface area contributed by atoms with Crippen LogP contribution >= 0.6 is 0 Å². The maximum atomic E-state index is 12.2. The van der Waals surface area contributed by atoms with E-state index in [1.807, 2.05) is 36.4 Å². The van der Waals surface area contributed by atoms with Gasteiger partial charge < -0.3 is 19.9 Å². The number of nitrogens with two attached hydrogens (primary N) is 1. The van der Waals surface area contributed by atoms with E-state index in [4.69, 9.17) is 5.73 Å². The molecule has 240 valence electrons. The van der Waals surface area contributed by atoms with Crippen molar-refractivity contribution in [3.8, 4) is 5.75 Å². The van der Waals surface area contributed by atoms with Crippen molar-refractivity contribution in [2.45, 2.75) is 9.79 Å². The molecule has 6 aromatic rings. The van der Waals surface area contributed by atoms with Crippen molar-refractivity contribution in [3.63, 3.8) is 0 Å². The normalized spacial score (nSPS) is 12.1. The molecule has 0 amide bonds. The molecule has 50 heavy (non-hydrogen) atoms. The summed E-state index contributed by atoms with van der Waals surface area (Å²) in [5, 5.41) is 29.6. The first-order chi connectivity index (χ1) is 22.9. The summed E-state index contributed by atoms with van der Waals surface area (Å²) in [7, 11) is -10.1. The number of azo groups is 2. The van der Waals surface area contributed by atoms with Gasteiger partial charge in [0.25, 0.3) is 0 Å². The smallest absolute Gasteiger partial charge is 0.744 e. The predicted octanol–water partition coefficient (Wildman–Crippen LogP) is 2.10. The molecular formula is C34H23N5Na2O7S2. The zero-order valence-corrected chi connectivity index (χ0v) is 32.3. The van der Waals surface area contributed by atoms with Crippen molar-refractivity contribution < 1.29 is 90.2 Å². The Morgan fingerprint density at radius 3 is 1.68 bits per heavy atom. The summed E-state index contributed by atoms with van der Waals surface area (Å²) in [5.41, 5.74) is 7.11. The van der Waals surface area contributed by atoms with E-state index in [0.717, 1.165) is 28.3 Å². The van der Waals surface area contributed by atoms with Crippen LogP contribution in [0.5, 0.6) is 5.75 Å². The van der Waals surface area contributed by atoms with Crippen LogP contribution in [0.3, 0.4) is 0 Å². The van der Waals surface area contributed by atoms with Crippen molar-refractivity contribution in [2.75, 3.05) is 5.73 Å². The third-order valence-electron chi connectivity index (χ3n) is 7.33. The van der Waals surface area contributed by atoms with Gasteiger partial charge in [0.2, 0.25) is 0 Å². The van der Waals surface area contributed by atoms with Gasteiger partial charge in [0, 0.05) is 21.8 Å². The number of benzene rings is 6. The molecule has 16 heteroatoms. The fourth-order valence-electron chi connectivity index (χ4n) is 5.02. The van der Waals surface area contributed by atoms with Gasteiger partial charge in [-0.15, -0.1) is 10.2 Å². The second-order valence-electron chi connectivity index (χ2n) is 10.5. The van der Waals surface area contributed by atoms with Crippen molar-refractivity contribution in [1.82, 2.24) is 0 Å². The maximum Gasteiger partial charge on any atom is 1.00 e. The van der Waals surface area contributed by atoms with Crippen LogP contribution in [0.15, 0.2) is 139 Å². The molecule has 0 fully saturated rings. The monoisotopic (exact) mass is 723 g/mol. The Hall–Kier alpha value is -3.80. The van der Waals surface area contributed by atoms with Crippen molar-refractivity contribution >= 4 is 82.4 Å². The quantitative estimate of drug-likeness (QED) is 0.0779. The minimum Gasteiger partial charge on any atom is -0.744 e. The first-order valence-corrected chi connectivity index (χ1v) is 16.9. The van der Waals surface area contributed by atoms with Crippen LogP contribution in [-0.4, -0.2) is 31.0 Å². The number of hydrogen-bond acceptors (Lipinski definition) is 12. The molecule has 0 atom stereocenters. The largest absolute Gasteiger partial charge is 1.00 e. The number of fused-ring (bicyclic) bond motifs is 2. The fourth-order valence-corrected chi connectivity index (χ4v) is 6.40. The van der Waals surface area contributed by atoms with Crippen LogP contribution in [0.25, 0.3) is 33.7 Å². The molecule has 3 N–H and O–H groups in total. The van der Waals surface area contributed by atoms with Gasteiger partial charge in [-0.3, -0.25) is 0 Å². The Morgan fingerprint density at radius 1 is 0.580 bits per heavy atom. The summed E-state index contributed by atoms with van der Waals surface area (Å²) in [6, 6.07) is 28.3. The minimum absolute atomic E-state index is 0. The molecule has 0 aromatic heterocycles. The molecule has 0 saturated heterocycles. The predicted molar refractivity (Wildman–Crippen MR) is 180 cm³/mol. The number of hydrogen-bond donors (Lipinski definition) is 2. The number of nitrogen functional groups attached to an aromatic ring is 1. The molecule has 0 bridgehead atoms. The molecule has 0 saturated carbocycles. The molecular weight excluding hydrogens is 701 g/mol. The van der Waals surface area contributed by atoms with Gasteiger partial charge in [-0.05, 0) is 59.0 Å². The van der Waals surface area contributed by atoms with Crippen molar-refractivity contribution in [1.29, 1.82) is 0 Å². The number of anilines is 1. The fraction of sp³-hybridized carbons (Fsp3) is 0. The first-order valence-electron chi connectivity index (χ1n) is 14.1.